The summed E-state index contributed by atoms with van der Waals surface area (Å²) < 4.78 is 5.17. The summed E-state index contributed by atoms with van der Waals surface area (Å²) in [6.45, 7) is 7.83. The van der Waals surface area contributed by atoms with Gasteiger partial charge in [0.15, 0.2) is 0 Å². The molecule has 0 amide bonds. The van der Waals surface area contributed by atoms with Crippen LogP contribution in [0, 0.1) is 0 Å². The zero-order chi connectivity index (χ0) is 7.71. The topological polar surface area (TPSA) is 9.23 Å². The summed E-state index contributed by atoms with van der Waals surface area (Å²) in [5.74, 6) is 0. The second-order valence-electron chi connectivity index (χ2n) is 3.19. The predicted octanol–water partition coefficient (Wildman–Crippen LogP) is 2.43. The van der Waals surface area contributed by atoms with Crippen LogP contribution in [0.4, 0.5) is 0 Å². The highest BCUT2D eigenvalue weighted by molar-refractivity contribution is 6.24. The standard InChI is InChI=1S/C7H15ClO/c1-6(2,8)7(3,4)9-5/h1-5H3. The van der Waals surface area contributed by atoms with Crippen molar-refractivity contribution in [3.05, 3.63) is 0 Å². The van der Waals surface area contributed by atoms with Gasteiger partial charge in [-0.1, -0.05) is 0 Å². The number of halogens is 1. The number of hydrogen-bond acceptors (Lipinski definition) is 1. The van der Waals surface area contributed by atoms with Gasteiger partial charge in [0.1, 0.15) is 0 Å². The Morgan fingerprint density at radius 1 is 1.11 bits per heavy atom. The van der Waals surface area contributed by atoms with E-state index in [9.17, 15) is 0 Å². The first kappa shape index (κ1) is 9.25. The highest BCUT2D eigenvalue weighted by atomic mass is 35.5. The van der Waals surface area contributed by atoms with Gasteiger partial charge in [-0.2, -0.15) is 0 Å². The molecular formula is C7H15ClO. The van der Waals surface area contributed by atoms with Crippen molar-refractivity contribution in [3.63, 3.8) is 0 Å². The molecule has 1 nitrogen and oxygen atoms in total. The third-order valence-corrected chi connectivity index (χ3v) is 2.40. The van der Waals surface area contributed by atoms with Crippen molar-refractivity contribution < 1.29 is 4.74 Å². The van der Waals surface area contributed by atoms with E-state index in [-0.39, 0.29) is 10.5 Å². The van der Waals surface area contributed by atoms with Crippen LogP contribution in [-0.4, -0.2) is 17.6 Å². The summed E-state index contributed by atoms with van der Waals surface area (Å²) in [7, 11) is 1.67. The number of hydrogen-bond donors (Lipinski definition) is 0. The number of methoxy groups -OCH3 is 1. The Hall–Kier alpha value is 0.250. The highest BCUT2D eigenvalue weighted by Crippen LogP contribution is 2.30. The molecule has 0 radical (unpaired) electrons. The van der Waals surface area contributed by atoms with Gasteiger partial charge in [0.2, 0.25) is 0 Å². The molecule has 0 aromatic carbocycles. The molecule has 0 saturated heterocycles. The molecule has 2 heteroatoms. The van der Waals surface area contributed by atoms with Crippen LogP contribution in [0.3, 0.4) is 0 Å². The Labute approximate surface area is 62.3 Å². The molecule has 0 spiro atoms. The predicted molar refractivity (Wildman–Crippen MR) is 41.0 cm³/mol. The zero-order valence-corrected chi connectivity index (χ0v) is 7.54. The van der Waals surface area contributed by atoms with E-state index in [0.29, 0.717) is 0 Å². The van der Waals surface area contributed by atoms with Crippen LogP contribution in [0.1, 0.15) is 27.7 Å². The van der Waals surface area contributed by atoms with Crippen LogP contribution in [0.2, 0.25) is 0 Å². The maximum absolute atomic E-state index is 6.00. The summed E-state index contributed by atoms with van der Waals surface area (Å²) in [4.78, 5) is -0.304. The van der Waals surface area contributed by atoms with Gasteiger partial charge >= 0.3 is 0 Å². The van der Waals surface area contributed by atoms with Crippen molar-refractivity contribution in [1.29, 1.82) is 0 Å². The number of ether oxygens (including phenoxy) is 1. The van der Waals surface area contributed by atoms with E-state index < -0.39 is 0 Å². The summed E-state index contributed by atoms with van der Waals surface area (Å²) in [6, 6.07) is 0. The molecule has 0 N–H and O–H groups in total. The molecule has 0 aliphatic heterocycles. The number of alkyl halides is 1. The minimum absolute atomic E-state index is 0.255. The van der Waals surface area contributed by atoms with Gasteiger partial charge in [-0.25, -0.2) is 0 Å². The summed E-state index contributed by atoms with van der Waals surface area (Å²) in [5, 5.41) is 0. The number of rotatable bonds is 2. The van der Waals surface area contributed by atoms with Crippen LogP contribution < -0.4 is 0 Å². The first-order valence-corrected chi connectivity index (χ1v) is 3.43. The molecule has 0 fully saturated rings. The fourth-order valence-corrected chi connectivity index (χ4v) is 0.320. The van der Waals surface area contributed by atoms with Crippen LogP contribution >= 0.6 is 11.6 Å². The van der Waals surface area contributed by atoms with Crippen molar-refractivity contribution in [2.24, 2.45) is 0 Å². The van der Waals surface area contributed by atoms with Gasteiger partial charge in [-0.15, -0.1) is 11.6 Å². The third-order valence-electron chi connectivity index (χ3n) is 1.94. The molecular weight excluding hydrogens is 136 g/mol. The normalized spacial score (nSPS) is 14.0. The van der Waals surface area contributed by atoms with E-state index in [2.05, 4.69) is 0 Å². The first-order valence-electron chi connectivity index (χ1n) is 3.05. The molecule has 0 aliphatic carbocycles. The lowest BCUT2D eigenvalue weighted by Gasteiger charge is -2.34. The molecule has 9 heavy (non-hydrogen) atoms. The SMILES string of the molecule is COC(C)(C)C(C)(C)Cl. The van der Waals surface area contributed by atoms with Crippen LogP contribution in [-0.2, 0) is 4.74 Å². The Morgan fingerprint density at radius 3 is 1.44 bits per heavy atom. The van der Waals surface area contributed by atoms with Gasteiger partial charge in [-0.05, 0) is 27.7 Å². The molecule has 0 unspecified atom stereocenters. The lowest BCUT2D eigenvalue weighted by atomic mass is 9.94. The van der Waals surface area contributed by atoms with Gasteiger partial charge in [0, 0.05) is 7.11 Å². The molecule has 0 bridgehead atoms. The molecule has 0 aromatic heterocycles. The van der Waals surface area contributed by atoms with E-state index in [0.717, 1.165) is 0 Å². The van der Waals surface area contributed by atoms with Crippen molar-refractivity contribution in [3.8, 4) is 0 Å². The lowest BCUT2D eigenvalue weighted by Crippen LogP contribution is -2.41. The average molecular weight is 151 g/mol. The van der Waals surface area contributed by atoms with Crippen molar-refractivity contribution in [1.82, 2.24) is 0 Å². The molecule has 0 atom stereocenters. The quantitative estimate of drug-likeness (QED) is 0.550. The molecule has 0 rings (SSSR count). The summed E-state index contributed by atoms with van der Waals surface area (Å²) in [5.41, 5.74) is -0.255. The molecule has 0 aliphatic rings. The molecule has 0 aromatic rings. The largest absolute Gasteiger partial charge is 0.377 e. The minimum Gasteiger partial charge on any atom is -0.377 e. The average Bonchev–Trinajstić information content (AvgIpc) is 1.64. The lowest BCUT2D eigenvalue weighted by molar-refractivity contribution is -0.00443. The maximum atomic E-state index is 6.00. The van der Waals surface area contributed by atoms with Gasteiger partial charge < -0.3 is 4.74 Å². The van der Waals surface area contributed by atoms with Crippen molar-refractivity contribution in [2.75, 3.05) is 7.11 Å². The highest BCUT2D eigenvalue weighted by Gasteiger charge is 2.34. The van der Waals surface area contributed by atoms with Gasteiger partial charge in [0.25, 0.3) is 0 Å². The Morgan fingerprint density at radius 2 is 1.44 bits per heavy atom. The smallest absolute Gasteiger partial charge is 0.0808 e. The Bertz CT molecular complexity index is 91.6. The summed E-state index contributed by atoms with van der Waals surface area (Å²) in [6.07, 6.45) is 0. The minimum atomic E-state index is -0.304. The van der Waals surface area contributed by atoms with E-state index in [1.807, 2.05) is 27.7 Å². The second-order valence-corrected chi connectivity index (χ2v) is 4.13. The van der Waals surface area contributed by atoms with E-state index >= 15 is 0 Å². The van der Waals surface area contributed by atoms with E-state index in [4.69, 9.17) is 16.3 Å². The monoisotopic (exact) mass is 150 g/mol. The van der Waals surface area contributed by atoms with Crippen molar-refractivity contribution >= 4 is 11.6 Å². The Balaban J connectivity index is 4.14. The maximum Gasteiger partial charge on any atom is 0.0808 e. The molecule has 0 saturated carbocycles. The molecule has 0 heterocycles. The van der Waals surface area contributed by atoms with E-state index in [1.165, 1.54) is 0 Å². The molecule has 56 valence electrons. The van der Waals surface area contributed by atoms with Gasteiger partial charge in [-0.3, -0.25) is 0 Å². The second kappa shape index (κ2) is 2.47. The fraction of sp³-hybridized carbons (Fsp3) is 1.00. The fourth-order valence-electron chi connectivity index (χ4n) is 0.243. The van der Waals surface area contributed by atoms with Crippen LogP contribution in [0.25, 0.3) is 0 Å². The zero-order valence-electron chi connectivity index (χ0n) is 6.79. The summed E-state index contributed by atoms with van der Waals surface area (Å²) >= 11 is 6.00. The van der Waals surface area contributed by atoms with E-state index in [1.54, 1.807) is 7.11 Å². The Kier molecular flexibility index (Phi) is 2.54. The van der Waals surface area contributed by atoms with Crippen LogP contribution in [0.15, 0.2) is 0 Å². The van der Waals surface area contributed by atoms with Gasteiger partial charge in [0.05, 0.1) is 10.5 Å². The van der Waals surface area contributed by atoms with Crippen molar-refractivity contribution in [2.45, 2.75) is 38.2 Å². The van der Waals surface area contributed by atoms with Crippen LogP contribution in [0.5, 0.6) is 0 Å². The first-order chi connectivity index (χ1) is 3.81. The third kappa shape index (κ3) is 2.15.